The predicted octanol–water partition coefficient (Wildman–Crippen LogP) is 3.23. The van der Waals surface area contributed by atoms with Gasteiger partial charge in [0.25, 0.3) is 0 Å². The normalized spacial score (nSPS) is 15.0. The fourth-order valence-corrected chi connectivity index (χ4v) is 6.30. The second kappa shape index (κ2) is 4.72. The van der Waals surface area contributed by atoms with E-state index in [0.717, 1.165) is 22.3 Å². The molecule has 0 fully saturated rings. The minimum absolute atomic E-state index is 0.864. The molecule has 0 atom stereocenters. The summed E-state index contributed by atoms with van der Waals surface area (Å²) in [5.41, 5.74) is 2.37. The summed E-state index contributed by atoms with van der Waals surface area (Å²) in [6.45, 7) is 0. The Bertz CT molecular complexity index is 803. The van der Waals surface area contributed by atoms with Crippen LogP contribution in [0.3, 0.4) is 0 Å². The molecule has 0 amide bonds. The van der Waals surface area contributed by atoms with Crippen LogP contribution in [-0.2, 0) is 11.0 Å². The number of fused-ring (bicyclic) bond motifs is 2. The van der Waals surface area contributed by atoms with Crippen LogP contribution in [0.2, 0.25) is 0 Å². The Morgan fingerprint density at radius 3 is 1.67 bits per heavy atom. The van der Waals surface area contributed by atoms with Crippen molar-refractivity contribution in [1.29, 1.82) is 0 Å². The van der Waals surface area contributed by atoms with Gasteiger partial charge in [-0.1, -0.05) is 78.9 Å². The molecule has 2 heteroatoms. The molecule has 0 aromatic heterocycles. The Labute approximate surface area is 124 Å². The van der Waals surface area contributed by atoms with Crippen molar-refractivity contribution < 1.29 is 4.57 Å². The fraction of sp³-hybridized carbons (Fsp3) is 0.0526. The molecule has 21 heavy (non-hydrogen) atoms. The van der Waals surface area contributed by atoms with E-state index < -0.39 is 7.14 Å². The van der Waals surface area contributed by atoms with Gasteiger partial charge in [-0.25, -0.2) is 0 Å². The summed E-state index contributed by atoms with van der Waals surface area (Å²) in [6, 6.07) is 26.2. The third-order valence-electron chi connectivity index (χ3n) is 4.16. The van der Waals surface area contributed by atoms with Crippen molar-refractivity contribution in [2.24, 2.45) is 0 Å². The van der Waals surface area contributed by atoms with Crippen LogP contribution in [0.1, 0.15) is 11.1 Å². The third kappa shape index (κ3) is 1.81. The van der Waals surface area contributed by atoms with Crippen molar-refractivity contribution in [3.8, 4) is 0 Å². The Hall–Kier alpha value is -2.11. The smallest absolute Gasteiger partial charge is 0.171 e. The zero-order chi connectivity index (χ0) is 14.3. The molecule has 3 aromatic carbocycles. The molecular weight excluding hydrogens is 275 g/mol. The zero-order valence-electron chi connectivity index (χ0n) is 11.6. The van der Waals surface area contributed by atoms with Crippen LogP contribution in [0.25, 0.3) is 0 Å². The molecule has 0 radical (unpaired) electrons. The van der Waals surface area contributed by atoms with Crippen molar-refractivity contribution in [2.75, 3.05) is 0 Å². The van der Waals surface area contributed by atoms with Crippen molar-refractivity contribution in [3.63, 3.8) is 0 Å². The first-order valence-electron chi connectivity index (χ1n) is 7.13. The molecule has 0 spiro atoms. The molecule has 0 unspecified atom stereocenters. The van der Waals surface area contributed by atoms with Crippen LogP contribution in [0.5, 0.6) is 0 Å². The average Bonchev–Trinajstić information content (AvgIpc) is 2.56. The molecule has 0 bridgehead atoms. The van der Waals surface area contributed by atoms with Gasteiger partial charge in [0.2, 0.25) is 0 Å². The minimum Gasteiger partial charge on any atom is -0.309 e. The summed E-state index contributed by atoms with van der Waals surface area (Å²) in [7, 11) is -2.75. The van der Waals surface area contributed by atoms with E-state index in [9.17, 15) is 4.57 Å². The van der Waals surface area contributed by atoms with Crippen LogP contribution >= 0.6 is 7.14 Å². The molecule has 102 valence electrons. The molecular formula is C19H15OP. The lowest BCUT2D eigenvalue weighted by Crippen LogP contribution is -2.33. The van der Waals surface area contributed by atoms with E-state index in [2.05, 4.69) is 12.1 Å². The topological polar surface area (TPSA) is 17.1 Å². The summed E-state index contributed by atoms with van der Waals surface area (Å²) >= 11 is 0. The van der Waals surface area contributed by atoms with Crippen LogP contribution in [0.15, 0.2) is 78.9 Å². The van der Waals surface area contributed by atoms with E-state index >= 15 is 0 Å². The molecule has 0 N–H and O–H groups in total. The Balaban J connectivity index is 2.09. The molecule has 1 aliphatic rings. The van der Waals surface area contributed by atoms with Crippen LogP contribution in [0.4, 0.5) is 0 Å². The fourth-order valence-electron chi connectivity index (χ4n) is 3.19. The number of benzene rings is 3. The highest BCUT2D eigenvalue weighted by Crippen LogP contribution is 2.47. The molecule has 0 aliphatic carbocycles. The second-order valence-corrected chi connectivity index (χ2v) is 8.08. The first-order chi connectivity index (χ1) is 10.3. The largest absolute Gasteiger partial charge is 0.309 e. The Morgan fingerprint density at radius 1 is 0.619 bits per heavy atom. The van der Waals surface area contributed by atoms with Crippen LogP contribution in [0, 0.1) is 0 Å². The SMILES string of the molecule is O=P1(c2ccccc2)c2ccccc2Cc2ccccc21. The maximum Gasteiger partial charge on any atom is 0.171 e. The van der Waals surface area contributed by atoms with E-state index in [-0.39, 0.29) is 0 Å². The summed E-state index contributed by atoms with van der Waals surface area (Å²) in [5.74, 6) is 0. The molecule has 0 saturated heterocycles. The van der Waals surface area contributed by atoms with E-state index in [1.165, 1.54) is 11.1 Å². The number of hydrogen-bond donors (Lipinski definition) is 0. The summed E-state index contributed by atoms with van der Waals surface area (Å²) < 4.78 is 14.1. The van der Waals surface area contributed by atoms with E-state index in [1.54, 1.807) is 0 Å². The lowest BCUT2D eigenvalue weighted by molar-refractivity contribution is 0.592. The third-order valence-corrected chi connectivity index (χ3v) is 7.42. The van der Waals surface area contributed by atoms with E-state index in [1.807, 2.05) is 66.7 Å². The van der Waals surface area contributed by atoms with Gasteiger partial charge in [-0.3, -0.25) is 0 Å². The van der Waals surface area contributed by atoms with Gasteiger partial charge < -0.3 is 4.57 Å². The van der Waals surface area contributed by atoms with Gasteiger partial charge in [0.05, 0.1) is 0 Å². The van der Waals surface area contributed by atoms with Crippen molar-refractivity contribution in [3.05, 3.63) is 90.0 Å². The predicted molar refractivity (Wildman–Crippen MR) is 88.6 cm³/mol. The lowest BCUT2D eigenvalue weighted by Gasteiger charge is -2.29. The van der Waals surface area contributed by atoms with Gasteiger partial charge in [0.1, 0.15) is 0 Å². The van der Waals surface area contributed by atoms with Gasteiger partial charge in [0.15, 0.2) is 7.14 Å². The van der Waals surface area contributed by atoms with E-state index in [4.69, 9.17) is 0 Å². The molecule has 3 aromatic rings. The molecule has 1 heterocycles. The highest BCUT2D eigenvalue weighted by molar-refractivity contribution is 7.85. The minimum atomic E-state index is -2.75. The molecule has 0 saturated carbocycles. The maximum atomic E-state index is 14.1. The lowest BCUT2D eigenvalue weighted by atomic mass is 10.0. The van der Waals surface area contributed by atoms with Crippen LogP contribution in [-0.4, -0.2) is 0 Å². The first-order valence-corrected chi connectivity index (χ1v) is 8.83. The van der Waals surface area contributed by atoms with Crippen molar-refractivity contribution in [1.82, 2.24) is 0 Å². The quantitative estimate of drug-likeness (QED) is 0.492. The highest BCUT2D eigenvalue weighted by atomic mass is 31.2. The average molecular weight is 290 g/mol. The highest BCUT2D eigenvalue weighted by Gasteiger charge is 2.36. The summed E-state index contributed by atoms with van der Waals surface area (Å²) in [4.78, 5) is 0. The van der Waals surface area contributed by atoms with Crippen LogP contribution < -0.4 is 15.9 Å². The summed E-state index contributed by atoms with van der Waals surface area (Å²) in [5, 5.41) is 2.91. The monoisotopic (exact) mass is 290 g/mol. The zero-order valence-corrected chi connectivity index (χ0v) is 12.5. The Morgan fingerprint density at radius 2 is 1.10 bits per heavy atom. The summed E-state index contributed by atoms with van der Waals surface area (Å²) in [6.07, 6.45) is 0.864. The number of hydrogen-bond acceptors (Lipinski definition) is 1. The first kappa shape index (κ1) is 12.6. The second-order valence-electron chi connectivity index (χ2n) is 5.38. The Kier molecular flexibility index (Phi) is 2.83. The van der Waals surface area contributed by atoms with Crippen molar-refractivity contribution >= 4 is 23.1 Å². The van der Waals surface area contributed by atoms with E-state index in [0.29, 0.717) is 0 Å². The van der Waals surface area contributed by atoms with Gasteiger partial charge in [-0.15, -0.1) is 0 Å². The van der Waals surface area contributed by atoms with Gasteiger partial charge in [-0.2, -0.15) is 0 Å². The number of rotatable bonds is 1. The van der Waals surface area contributed by atoms with Gasteiger partial charge in [-0.05, 0) is 17.5 Å². The van der Waals surface area contributed by atoms with Gasteiger partial charge >= 0.3 is 0 Å². The standard InChI is InChI=1S/C19H15OP/c20-21(17-10-2-1-3-11-17)18-12-6-4-8-15(18)14-16-9-5-7-13-19(16)21/h1-13H,14H2. The molecule has 4 rings (SSSR count). The van der Waals surface area contributed by atoms with Gasteiger partial charge in [0, 0.05) is 15.9 Å². The maximum absolute atomic E-state index is 14.1. The molecule has 1 nitrogen and oxygen atoms in total. The molecule has 1 aliphatic heterocycles. The van der Waals surface area contributed by atoms with Crippen molar-refractivity contribution in [2.45, 2.75) is 6.42 Å².